The minimum absolute atomic E-state index is 0. The predicted molar refractivity (Wildman–Crippen MR) is 88.5 cm³/mol. The Kier molecular flexibility index (Phi) is 6.69. The second-order valence-electron chi connectivity index (χ2n) is 5.47. The fourth-order valence-electron chi connectivity index (χ4n) is 3.04. The lowest BCUT2D eigenvalue weighted by molar-refractivity contribution is 0.316. The van der Waals surface area contributed by atoms with E-state index in [0.29, 0.717) is 16.7 Å². The van der Waals surface area contributed by atoms with Gasteiger partial charge in [0.1, 0.15) is 0 Å². The largest absolute Gasteiger partial charge is 0.316 e. The van der Waals surface area contributed by atoms with Gasteiger partial charge < -0.3 is 5.32 Å². The van der Waals surface area contributed by atoms with Crippen LogP contribution in [0.3, 0.4) is 0 Å². The summed E-state index contributed by atoms with van der Waals surface area (Å²) in [7, 11) is -3.11. The van der Waals surface area contributed by atoms with E-state index >= 15 is 0 Å². The third kappa shape index (κ3) is 4.30. The van der Waals surface area contributed by atoms with E-state index in [0.717, 1.165) is 19.5 Å². The van der Waals surface area contributed by atoms with Gasteiger partial charge in [0.25, 0.3) is 0 Å². The van der Waals surface area contributed by atoms with Gasteiger partial charge in [-0.25, -0.2) is 8.42 Å². The summed E-state index contributed by atoms with van der Waals surface area (Å²) in [6, 6.07) is 7.48. The molecule has 0 aromatic heterocycles. The van der Waals surface area contributed by atoms with Gasteiger partial charge in [0.05, 0.1) is 4.90 Å². The minimum Gasteiger partial charge on any atom is -0.316 e. The van der Waals surface area contributed by atoms with Gasteiger partial charge in [-0.2, -0.15) is 0 Å². The Bertz CT molecular complexity index is 524. The molecule has 1 unspecified atom stereocenters. The lowest BCUT2D eigenvalue weighted by Crippen LogP contribution is -2.33. The first-order valence-electron chi connectivity index (χ1n) is 7.03. The van der Waals surface area contributed by atoms with Crippen molar-refractivity contribution in [2.45, 2.75) is 37.0 Å². The van der Waals surface area contributed by atoms with Gasteiger partial charge in [0.15, 0.2) is 9.84 Å². The second kappa shape index (κ2) is 7.57. The molecule has 2 atom stereocenters. The average Bonchev–Trinajstić information content (AvgIpc) is 2.40. The summed E-state index contributed by atoms with van der Waals surface area (Å²) in [5, 5.41) is 3.45. The van der Waals surface area contributed by atoms with E-state index in [9.17, 15) is 8.42 Å². The molecule has 0 saturated carbocycles. The Hall–Kier alpha value is -0.390. The van der Waals surface area contributed by atoms with Crippen LogP contribution >= 0.6 is 17.0 Å². The number of hydrogen-bond acceptors (Lipinski definition) is 3. The normalized spacial score (nSPS) is 21.0. The molecule has 1 aromatic rings. The van der Waals surface area contributed by atoms with Crippen molar-refractivity contribution in [3.63, 3.8) is 0 Å². The summed E-state index contributed by atoms with van der Waals surface area (Å²) in [6.45, 7) is 4.34. The van der Waals surface area contributed by atoms with E-state index in [1.807, 2.05) is 12.1 Å². The maximum Gasteiger partial charge on any atom is 0.175 e. The first-order valence-corrected chi connectivity index (χ1v) is 8.92. The molecule has 0 amide bonds. The van der Waals surface area contributed by atoms with Gasteiger partial charge in [0, 0.05) is 6.26 Å². The van der Waals surface area contributed by atoms with E-state index in [1.54, 1.807) is 6.07 Å². The van der Waals surface area contributed by atoms with Crippen molar-refractivity contribution in [2.24, 2.45) is 5.92 Å². The van der Waals surface area contributed by atoms with Crippen molar-refractivity contribution in [1.29, 1.82) is 0 Å². The summed E-state index contributed by atoms with van der Waals surface area (Å²) in [5.41, 5.74) is 1.17. The van der Waals surface area contributed by atoms with E-state index in [4.69, 9.17) is 0 Å². The van der Waals surface area contributed by atoms with Gasteiger partial charge in [-0.05, 0) is 61.9 Å². The van der Waals surface area contributed by atoms with Crippen molar-refractivity contribution in [2.75, 3.05) is 19.3 Å². The van der Waals surface area contributed by atoms with Crippen LogP contribution in [0.4, 0.5) is 0 Å². The smallest absolute Gasteiger partial charge is 0.175 e. The molecule has 5 heteroatoms. The third-order valence-corrected chi connectivity index (χ3v) is 5.17. The third-order valence-electron chi connectivity index (χ3n) is 4.06. The van der Waals surface area contributed by atoms with Crippen LogP contribution in [-0.2, 0) is 9.84 Å². The van der Waals surface area contributed by atoms with Crippen molar-refractivity contribution in [3.8, 4) is 0 Å². The van der Waals surface area contributed by atoms with Gasteiger partial charge in [-0.1, -0.05) is 19.1 Å². The molecule has 1 N–H and O–H groups in total. The van der Waals surface area contributed by atoms with Crippen LogP contribution in [-0.4, -0.2) is 27.8 Å². The minimum atomic E-state index is -3.11. The Morgan fingerprint density at radius 2 is 2.15 bits per heavy atom. The molecule has 1 heterocycles. The van der Waals surface area contributed by atoms with Crippen LogP contribution in [0.2, 0.25) is 0 Å². The molecule has 20 heavy (non-hydrogen) atoms. The zero-order valence-electron chi connectivity index (χ0n) is 12.1. The molecule has 1 aliphatic heterocycles. The molecule has 1 fully saturated rings. The molecule has 0 aliphatic carbocycles. The van der Waals surface area contributed by atoms with E-state index < -0.39 is 9.84 Å². The molecular formula is C15H24BrNO2S. The van der Waals surface area contributed by atoms with Crippen molar-refractivity contribution in [3.05, 3.63) is 29.8 Å². The Morgan fingerprint density at radius 1 is 1.40 bits per heavy atom. The number of sulfone groups is 1. The molecule has 0 spiro atoms. The molecule has 114 valence electrons. The lowest BCUT2D eigenvalue weighted by atomic mass is 9.80. The van der Waals surface area contributed by atoms with Crippen molar-refractivity contribution < 1.29 is 8.42 Å². The molecular weight excluding hydrogens is 338 g/mol. The highest BCUT2D eigenvalue weighted by Gasteiger charge is 2.24. The van der Waals surface area contributed by atoms with Gasteiger partial charge in [-0.3, -0.25) is 0 Å². The molecule has 1 aliphatic rings. The summed E-state index contributed by atoms with van der Waals surface area (Å²) in [4.78, 5) is 0.437. The van der Waals surface area contributed by atoms with Gasteiger partial charge in [0.2, 0.25) is 0 Å². The van der Waals surface area contributed by atoms with Crippen LogP contribution < -0.4 is 5.32 Å². The fourth-order valence-corrected chi connectivity index (χ4v) is 3.72. The van der Waals surface area contributed by atoms with Crippen LogP contribution in [0.5, 0.6) is 0 Å². The van der Waals surface area contributed by atoms with Crippen LogP contribution in [0.1, 0.15) is 37.7 Å². The molecule has 3 nitrogen and oxygen atoms in total. The van der Waals surface area contributed by atoms with Crippen molar-refractivity contribution in [1.82, 2.24) is 5.32 Å². The first-order chi connectivity index (χ1) is 9.02. The standard InChI is InChI=1S/C15H23NO2S.BrH/c1-3-15(13-7-5-9-16-11-13)12-6-4-8-14(10-12)19(2,17)18;/h4,6,8,10,13,15-16H,3,5,7,9,11H2,1-2H3;1H/t13-,15?;/m1./s1. The Labute approximate surface area is 132 Å². The first kappa shape index (κ1) is 17.7. The molecule has 1 aromatic carbocycles. The topological polar surface area (TPSA) is 46.2 Å². The highest BCUT2D eigenvalue weighted by atomic mass is 79.9. The zero-order chi connectivity index (χ0) is 13.9. The lowest BCUT2D eigenvalue weighted by Gasteiger charge is -2.30. The number of benzene rings is 1. The summed E-state index contributed by atoms with van der Waals surface area (Å²) < 4.78 is 23.3. The molecule has 2 rings (SSSR count). The number of piperidine rings is 1. The van der Waals surface area contributed by atoms with Crippen LogP contribution in [0.25, 0.3) is 0 Å². The highest BCUT2D eigenvalue weighted by molar-refractivity contribution is 8.93. The SMILES string of the molecule is Br.CCC(c1cccc(S(C)(=O)=O)c1)[C@@H]1CCCNC1. The number of halogens is 1. The molecule has 0 bridgehead atoms. The van der Waals surface area contributed by atoms with Gasteiger partial charge in [-0.15, -0.1) is 17.0 Å². The predicted octanol–water partition coefficient (Wildman–Crippen LogP) is 3.16. The number of nitrogens with one attached hydrogen (secondary N) is 1. The van der Waals surface area contributed by atoms with E-state index in [2.05, 4.69) is 18.3 Å². The summed E-state index contributed by atoms with van der Waals surface area (Å²) >= 11 is 0. The maximum atomic E-state index is 11.7. The number of hydrogen-bond donors (Lipinski definition) is 1. The van der Waals surface area contributed by atoms with Crippen LogP contribution in [0.15, 0.2) is 29.2 Å². The second-order valence-corrected chi connectivity index (χ2v) is 7.48. The monoisotopic (exact) mass is 361 g/mol. The molecule has 0 radical (unpaired) electrons. The fraction of sp³-hybridized carbons (Fsp3) is 0.600. The van der Waals surface area contributed by atoms with E-state index in [-0.39, 0.29) is 17.0 Å². The Morgan fingerprint density at radius 3 is 2.70 bits per heavy atom. The Balaban J connectivity index is 0.00000200. The highest BCUT2D eigenvalue weighted by Crippen LogP contribution is 2.33. The summed E-state index contributed by atoms with van der Waals surface area (Å²) in [6.07, 6.45) is 4.77. The zero-order valence-corrected chi connectivity index (χ0v) is 14.7. The quantitative estimate of drug-likeness (QED) is 0.895. The average molecular weight is 362 g/mol. The van der Waals surface area contributed by atoms with Gasteiger partial charge >= 0.3 is 0 Å². The molecule has 1 saturated heterocycles. The van der Waals surface area contributed by atoms with Crippen LogP contribution in [0, 0.1) is 5.92 Å². The number of rotatable bonds is 4. The maximum absolute atomic E-state index is 11.7. The van der Waals surface area contributed by atoms with Crippen molar-refractivity contribution >= 4 is 26.8 Å². The van der Waals surface area contributed by atoms with E-state index in [1.165, 1.54) is 24.7 Å². The summed E-state index contributed by atoms with van der Waals surface area (Å²) in [5.74, 6) is 1.07.